The standard InChI is InChI=1S/C17H18N2O3S/c1-12(13-5-3-2-4-6-13)19-23(21,22)15-8-9-16-14(11-15)7-10-17(20)18-16/h2-6,8-9,11-12,19H,7,10H2,1H3,(H,18,20)/t12-/m1/s1. The van der Waals surface area contributed by atoms with Crippen molar-refractivity contribution in [3.05, 3.63) is 59.7 Å². The van der Waals surface area contributed by atoms with Crippen LogP contribution in [0.3, 0.4) is 0 Å². The summed E-state index contributed by atoms with van der Waals surface area (Å²) in [4.78, 5) is 11.6. The highest BCUT2D eigenvalue weighted by atomic mass is 32.2. The molecule has 0 saturated carbocycles. The third kappa shape index (κ3) is 3.43. The van der Waals surface area contributed by atoms with Gasteiger partial charge in [-0.1, -0.05) is 30.3 Å². The summed E-state index contributed by atoms with van der Waals surface area (Å²) in [5.74, 6) is -0.0380. The highest BCUT2D eigenvalue weighted by Gasteiger charge is 2.21. The Balaban J connectivity index is 1.84. The second-order valence-electron chi connectivity index (χ2n) is 5.62. The van der Waals surface area contributed by atoms with Gasteiger partial charge in [0.15, 0.2) is 0 Å². The molecule has 0 fully saturated rings. The monoisotopic (exact) mass is 330 g/mol. The summed E-state index contributed by atoms with van der Waals surface area (Å²) in [7, 11) is -3.62. The van der Waals surface area contributed by atoms with E-state index in [1.165, 1.54) is 6.07 Å². The van der Waals surface area contributed by atoms with E-state index in [2.05, 4.69) is 10.0 Å². The molecule has 2 N–H and O–H groups in total. The number of nitrogens with one attached hydrogen (secondary N) is 2. The topological polar surface area (TPSA) is 75.3 Å². The maximum absolute atomic E-state index is 12.6. The molecule has 1 atom stereocenters. The molecule has 2 aromatic carbocycles. The van der Waals surface area contributed by atoms with Crippen molar-refractivity contribution in [1.29, 1.82) is 0 Å². The van der Waals surface area contributed by atoms with Crippen molar-refractivity contribution >= 4 is 21.6 Å². The molecule has 120 valence electrons. The number of fused-ring (bicyclic) bond motifs is 1. The number of hydrogen-bond donors (Lipinski definition) is 2. The first-order valence-corrected chi connectivity index (χ1v) is 8.94. The molecule has 0 bridgehead atoms. The van der Waals surface area contributed by atoms with Crippen molar-refractivity contribution in [1.82, 2.24) is 4.72 Å². The molecule has 0 radical (unpaired) electrons. The Morgan fingerprint density at radius 1 is 1.09 bits per heavy atom. The number of rotatable bonds is 4. The van der Waals surface area contributed by atoms with Crippen molar-refractivity contribution < 1.29 is 13.2 Å². The van der Waals surface area contributed by atoms with Gasteiger partial charge < -0.3 is 5.32 Å². The maximum atomic E-state index is 12.6. The molecule has 1 heterocycles. The Morgan fingerprint density at radius 2 is 1.83 bits per heavy atom. The number of amides is 1. The van der Waals surface area contributed by atoms with Gasteiger partial charge in [0.2, 0.25) is 15.9 Å². The Hall–Kier alpha value is -2.18. The summed E-state index contributed by atoms with van der Waals surface area (Å²) in [5.41, 5.74) is 2.44. The van der Waals surface area contributed by atoms with Crippen LogP contribution >= 0.6 is 0 Å². The van der Waals surface area contributed by atoms with Crippen molar-refractivity contribution in [3.8, 4) is 0 Å². The van der Waals surface area contributed by atoms with Crippen LogP contribution in [0, 0.1) is 0 Å². The number of anilines is 1. The van der Waals surface area contributed by atoms with Gasteiger partial charge in [0, 0.05) is 18.2 Å². The molecule has 1 amide bonds. The second kappa shape index (κ2) is 6.14. The molecule has 0 unspecified atom stereocenters. The van der Waals surface area contributed by atoms with Gasteiger partial charge in [-0.3, -0.25) is 4.79 Å². The molecule has 0 spiro atoms. The predicted molar refractivity (Wildman–Crippen MR) is 88.6 cm³/mol. The molecule has 1 aliphatic rings. The van der Waals surface area contributed by atoms with Gasteiger partial charge in [-0.15, -0.1) is 0 Å². The van der Waals surface area contributed by atoms with Crippen LogP contribution in [0.4, 0.5) is 5.69 Å². The molecular weight excluding hydrogens is 312 g/mol. The zero-order chi connectivity index (χ0) is 16.4. The van der Waals surface area contributed by atoms with Crippen LogP contribution in [0.1, 0.15) is 30.5 Å². The normalized spacial score (nSPS) is 15.6. The van der Waals surface area contributed by atoms with Gasteiger partial charge in [-0.2, -0.15) is 0 Å². The minimum absolute atomic E-state index is 0.0380. The van der Waals surface area contributed by atoms with Crippen LogP contribution < -0.4 is 10.0 Å². The van der Waals surface area contributed by atoms with Gasteiger partial charge in [0.05, 0.1) is 4.90 Å². The molecule has 5 nitrogen and oxygen atoms in total. The fourth-order valence-corrected chi connectivity index (χ4v) is 3.92. The number of benzene rings is 2. The predicted octanol–water partition coefficient (Wildman–Crippen LogP) is 2.61. The SMILES string of the molecule is C[C@@H](NS(=O)(=O)c1ccc2c(c1)CCC(=O)N2)c1ccccc1. The number of aryl methyl sites for hydroxylation is 1. The molecule has 23 heavy (non-hydrogen) atoms. The van der Waals surface area contributed by atoms with E-state index in [9.17, 15) is 13.2 Å². The first-order chi connectivity index (χ1) is 11.0. The molecule has 3 rings (SSSR count). The van der Waals surface area contributed by atoms with Crippen LogP contribution in [0.25, 0.3) is 0 Å². The third-order valence-corrected chi connectivity index (χ3v) is 5.45. The Kier molecular flexibility index (Phi) is 4.19. The summed E-state index contributed by atoms with van der Waals surface area (Å²) in [6.07, 6.45) is 0.934. The highest BCUT2D eigenvalue weighted by molar-refractivity contribution is 7.89. The first-order valence-electron chi connectivity index (χ1n) is 7.46. The summed E-state index contributed by atoms with van der Waals surface area (Å²) >= 11 is 0. The molecule has 0 saturated heterocycles. The van der Waals surface area contributed by atoms with Gasteiger partial charge in [-0.25, -0.2) is 13.1 Å². The molecular formula is C17H18N2O3S. The van der Waals surface area contributed by atoms with Crippen LogP contribution in [0.2, 0.25) is 0 Å². The smallest absolute Gasteiger partial charge is 0.241 e. The van der Waals surface area contributed by atoms with Gasteiger partial charge in [0.1, 0.15) is 0 Å². The largest absolute Gasteiger partial charge is 0.326 e. The van der Waals surface area contributed by atoms with E-state index in [4.69, 9.17) is 0 Å². The molecule has 1 aliphatic heterocycles. The fraction of sp³-hybridized carbons (Fsp3) is 0.235. The maximum Gasteiger partial charge on any atom is 0.241 e. The number of carbonyl (C=O) groups is 1. The minimum atomic E-state index is -3.62. The summed E-state index contributed by atoms with van der Waals surface area (Å²) in [6, 6.07) is 13.9. The molecule has 0 aliphatic carbocycles. The van der Waals surface area contributed by atoms with E-state index >= 15 is 0 Å². The van der Waals surface area contributed by atoms with Crippen molar-refractivity contribution in [3.63, 3.8) is 0 Å². The van der Waals surface area contributed by atoms with Gasteiger partial charge in [-0.05, 0) is 42.7 Å². The fourth-order valence-electron chi connectivity index (χ4n) is 2.64. The third-order valence-electron chi connectivity index (χ3n) is 3.91. The van der Waals surface area contributed by atoms with E-state index in [-0.39, 0.29) is 16.8 Å². The van der Waals surface area contributed by atoms with Crippen molar-refractivity contribution in [2.75, 3.05) is 5.32 Å². The van der Waals surface area contributed by atoms with Crippen molar-refractivity contribution in [2.24, 2.45) is 0 Å². The van der Waals surface area contributed by atoms with Gasteiger partial charge in [0.25, 0.3) is 0 Å². The number of sulfonamides is 1. The zero-order valence-electron chi connectivity index (χ0n) is 12.7. The lowest BCUT2D eigenvalue weighted by Crippen LogP contribution is -2.27. The lowest BCUT2D eigenvalue weighted by atomic mass is 10.0. The van der Waals surface area contributed by atoms with E-state index < -0.39 is 10.0 Å². The van der Waals surface area contributed by atoms with E-state index in [0.29, 0.717) is 18.5 Å². The Morgan fingerprint density at radius 3 is 2.57 bits per heavy atom. The zero-order valence-corrected chi connectivity index (χ0v) is 13.6. The summed E-state index contributed by atoms with van der Waals surface area (Å²) in [6.45, 7) is 1.81. The lowest BCUT2D eigenvalue weighted by molar-refractivity contribution is -0.116. The first kappa shape index (κ1) is 15.7. The number of hydrogen-bond acceptors (Lipinski definition) is 3. The lowest BCUT2D eigenvalue weighted by Gasteiger charge is -2.19. The Bertz CT molecular complexity index is 832. The van der Waals surface area contributed by atoms with Crippen LogP contribution in [0.5, 0.6) is 0 Å². The van der Waals surface area contributed by atoms with Crippen LogP contribution in [-0.2, 0) is 21.2 Å². The average molecular weight is 330 g/mol. The van der Waals surface area contributed by atoms with Crippen LogP contribution in [0.15, 0.2) is 53.4 Å². The van der Waals surface area contributed by atoms with E-state index in [1.807, 2.05) is 37.3 Å². The van der Waals surface area contributed by atoms with Gasteiger partial charge >= 0.3 is 0 Å². The number of carbonyl (C=O) groups excluding carboxylic acids is 1. The van der Waals surface area contributed by atoms with Crippen molar-refractivity contribution in [2.45, 2.75) is 30.7 Å². The highest BCUT2D eigenvalue weighted by Crippen LogP contribution is 2.26. The van der Waals surface area contributed by atoms with E-state index in [1.54, 1.807) is 12.1 Å². The average Bonchev–Trinajstić information content (AvgIpc) is 2.54. The molecule has 0 aromatic heterocycles. The second-order valence-corrected chi connectivity index (χ2v) is 7.33. The summed E-state index contributed by atoms with van der Waals surface area (Å²) < 4.78 is 27.8. The minimum Gasteiger partial charge on any atom is -0.326 e. The van der Waals surface area contributed by atoms with Crippen LogP contribution in [-0.4, -0.2) is 14.3 Å². The quantitative estimate of drug-likeness (QED) is 0.905. The summed E-state index contributed by atoms with van der Waals surface area (Å²) in [5, 5.41) is 2.75. The molecule has 2 aromatic rings. The molecule has 6 heteroatoms. The van der Waals surface area contributed by atoms with E-state index in [0.717, 1.165) is 11.1 Å². The Labute approximate surface area is 135 Å².